The van der Waals surface area contributed by atoms with E-state index in [-0.39, 0.29) is 59.1 Å². The van der Waals surface area contributed by atoms with Gasteiger partial charge in [-0.1, -0.05) is 0 Å². The van der Waals surface area contributed by atoms with Gasteiger partial charge in [-0.15, -0.1) is 6.61 Å². The summed E-state index contributed by atoms with van der Waals surface area (Å²) >= 11 is 0. The third-order valence-electron chi connectivity index (χ3n) is 0.622. The Balaban J connectivity index is -0.000000405. The number of hydrogen-bond donors (Lipinski definition) is 2. The fourth-order valence-electron chi connectivity index (χ4n) is 0.228. The number of aliphatic hydroxyl groups is 1. The first-order chi connectivity index (χ1) is 4.45. The Kier molecular flexibility index (Phi) is 15.6. The number of hydrogen-bond acceptors (Lipinski definition) is 5. The van der Waals surface area contributed by atoms with Gasteiger partial charge in [0.15, 0.2) is 0 Å². The minimum atomic E-state index is -4.78. The van der Waals surface area contributed by atoms with E-state index in [0.29, 0.717) is 0 Å². The van der Waals surface area contributed by atoms with Crippen LogP contribution in [-0.2, 0) is 9.09 Å². The van der Waals surface area contributed by atoms with Gasteiger partial charge in [0, 0.05) is 0 Å². The zero-order valence-electron chi connectivity index (χ0n) is 6.97. The summed E-state index contributed by atoms with van der Waals surface area (Å²) in [6.45, 7) is -1.55. The maximum Gasteiger partial charge on any atom is 1.00 e. The first-order valence-electron chi connectivity index (χ1n) is 2.40. The van der Waals surface area contributed by atoms with E-state index < -0.39 is 27.1 Å². The van der Waals surface area contributed by atoms with E-state index in [9.17, 15) is 14.6 Å². The molecule has 12 heavy (non-hydrogen) atoms. The minimum absolute atomic E-state index is 0. The summed E-state index contributed by atoms with van der Waals surface area (Å²) < 4.78 is 13.5. The van der Waals surface area contributed by atoms with Crippen LogP contribution in [0.15, 0.2) is 0 Å². The van der Waals surface area contributed by atoms with Crippen molar-refractivity contribution in [2.45, 2.75) is 6.10 Å². The number of rotatable bonds is 4. The van der Waals surface area contributed by atoms with Gasteiger partial charge < -0.3 is 24.5 Å². The molecular formula is C3H7Na2O6P. The van der Waals surface area contributed by atoms with E-state index >= 15 is 0 Å². The van der Waals surface area contributed by atoms with Crippen molar-refractivity contribution in [1.82, 2.24) is 0 Å². The second-order valence-corrected chi connectivity index (χ2v) is 2.78. The Morgan fingerprint density at radius 2 is 1.92 bits per heavy atom. The zero-order chi connectivity index (χ0) is 8.20. The van der Waals surface area contributed by atoms with Gasteiger partial charge in [0.1, 0.15) is 0 Å². The normalized spacial score (nSPS) is 16.7. The van der Waals surface area contributed by atoms with Gasteiger partial charge in [-0.3, -0.25) is 4.57 Å². The summed E-state index contributed by atoms with van der Waals surface area (Å²) in [4.78, 5) is 17.7. The number of phosphoric acid groups is 1. The van der Waals surface area contributed by atoms with Crippen LogP contribution in [-0.4, -0.2) is 29.3 Å². The monoisotopic (exact) mass is 216 g/mol. The molecule has 0 aromatic heterocycles. The van der Waals surface area contributed by atoms with Crippen LogP contribution in [0.2, 0.25) is 0 Å². The molecule has 0 fully saturated rings. The molecule has 0 bridgehead atoms. The van der Waals surface area contributed by atoms with Crippen LogP contribution in [0.4, 0.5) is 0 Å². The van der Waals surface area contributed by atoms with Crippen LogP contribution in [0.3, 0.4) is 0 Å². The van der Waals surface area contributed by atoms with Crippen molar-refractivity contribution in [2.75, 3.05) is 13.2 Å². The Morgan fingerprint density at radius 3 is 2.17 bits per heavy atom. The van der Waals surface area contributed by atoms with E-state index in [4.69, 9.17) is 10.00 Å². The van der Waals surface area contributed by atoms with E-state index in [1.54, 1.807) is 0 Å². The molecular weight excluding hydrogens is 209 g/mol. The molecule has 2 unspecified atom stereocenters. The fourth-order valence-corrected chi connectivity index (χ4v) is 0.589. The molecule has 0 spiro atoms. The van der Waals surface area contributed by atoms with Gasteiger partial charge in [0.05, 0.1) is 12.7 Å². The molecule has 0 saturated carbocycles. The molecule has 2 N–H and O–H groups in total. The van der Waals surface area contributed by atoms with Crippen molar-refractivity contribution in [3.63, 3.8) is 0 Å². The number of aliphatic hydroxyl groups excluding tert-OH is 1. The molecule has 6 nitrogen and oxygen atoms in total. The predicted octanol–water partition coefficient (Wildman–Crippen LogP) is -8.81. The van der Waals surface area contributed by atoms with E-state index in [0.717, 1.165) is 0 Å². The van der Waals surface area contributed by atoms with Crippen molar-refractivity contribution < 1.29 is 88.2 Å². The number of phosphoric ester groups is 1. The molecule has 0 aliphatic heterocycles. The minimum Gasteiger partial charge on any atom is -0.853 e. The zero-order valence-corrected chi connectivity index (χ0v) is 11.9. The van der Waals surface area contributed by atoms with Gasteiger partial charge >= 0.3 is 59.1 Å². The second-order valence-electron chi connectivity index (χ2n) is 1.58. The maximum absolute atomic E-state index is 9.80. The second kappa shape index (κ2) is 9.58. The molecule has 9 heteroatoms. The van der Waals surface area contributed by atoms with E-state index in [2.05, 4.69) is 4.52 Å². The molecule has 0 rings (SSSR count). The molecule has 0 aliphatic rings. The summed E-state index contributed by atoms with van der Waals surface area (Å²) in [6.07, 6.45) is -1.39. The van der Waals surface area contributed by atoms with Gasteiger partial charge in [0.25, 0.3) is 7.82 Å². The summed E-state index contributed by atoms with van der Waals surface area (Å²) in [5.74, 6) is 0. The summed E-state index contributed by atoms with van der Waals surface area (Å²) in [6, 6.07) is 0. The van der Waals surface area contributed by atoms with E-state index in [1.165, 1.54) is 0 Å². The molecule has 62 valence electrons. The van der Waals surface area contributed by atoms with Gasteiger partial charge in [-0.25, -0.2) is 0 Å². The van der Waals surface area contributed by atoms with Gasteiger partial charge in [-0.2, -0.15) is 0 Å². The average molecular weight is 216 g/mol. The quantitative estimate of drug-likeness (QED) is 0.356. The third kappa shape index (κ3) is 14.5. The van der Waals surface area contributed by atoms with Crippen molar-refractivity contribution in [3.05, 3.63) is 0 Å². The molecule has 2 atom stereocenters. The van der Waals surface area contributed by atoms with Crippen molar-refractivity contribution in [2.24, 2.45) is 0 Å². The maximum atomic E-state index is 9.80. The van der Waals surface area contributed by atoms with Crippen LogP contribution in [0.5, 0.6) is 0 Å². The molecule has 0 aromatic rings. The summed E-state index contributed by atoms with van der Waals surface area (Å²) in [5.41, 5.74) is 0. The third-order valence-corrected chi connectivity index (χ3v) is 1.10. The topological polar surface area (TPSA) is 113 Å². The largest absolute Gasteiger partial charge is 1.00 e. The van der Waals surface area contributed by atoms with E-state index in [1.807, 2.05) is 0 Å². The average Bonchev–Trinajstić information content (AvgIpc) is 1.81. The Hall–Kier alpha value is 2.03. The first kappa shape index (κ1) is 19.6. The smallest absolute Gasteiger partial charge is 0.853 e. The van der Waals surface area contributed by atoms with Crippen molar-refractivity contribution in [1.29, 1.82) is 0 Å². The van der Waals surface area contributed by atoms with Crippen LogP contribution in [0, 0.1) is 0 Å². The Labute approximate surface area is 114 Å². The SMILES string of the molecule is O=P([O-])(O)OCC(O)C[O-].[Na+].[Na+]. The molecule has 0 amide bonds. The van der Waals surface area contributed by atoms with Gasteiger partial charge in [-0.05, 0) is 0 Å². The molecule has 0 heterocycles. The summed E-state index contributed by atoms with van der Waals surface area (Å²) in [7, 11) is -4.78. The van der Waals surface area contributed by atoms with Gasteiger partial charge in [0.2, 0.25) is 0 Å². The molecule has 0 saturated heterocycles. The van der Waals surface area contributed by atoms with Crippen LogP contribution in [0.25, 0.3) is 0 Å². The summed E-state index contributed by atoms with van der Waals surface area (Å²) in [5, 5.41) is 18.2. The standard InChI is InChI=1S/C3H8O6P.2Na/c4-1-3(5)2-9-10(6,7)8;;/h3,5H,1-2H2,(H2,6,7,8);;/q-1;2*+1/p-1. The first-order valence-corrected chi connectivity index (χ1v) is 3.90. The van der Waals surface area contributed by atoms with Crippen molar-refractivity contribution >= 4 is 7.82 Å². The van der Waals surface area contributed by atoms with Crippen LogP contribution >= 0.6 is 7.82 Å². The van der Waals surface area contributed by atoms with Crippen molar-refractivity contribution in [3.8, 4) is 0 Å². The van der Waals surface area contributed by atoms with Crippen LogP contribution < -0.4 is 69.1 Å². The Bertz CT molecular complexity index is 137. The molecule has 0 aliphatic carbocycles. The predicted molar refractivity (Wildman–Crippen MR) is 26.7 cm³/mol. The fraction of sp³-hybridized carbons (Fsp3) is 1.00. The van der Waals surface area contributed by atoms with Crippen LogP contribution in [0.1, 0.15) is 0 Å². The molecule has 0 aromatic carbocycles. The molecule has 0 radical (unpaired) electrons. The Morgan fingerprint density at radius 1 is 1.50 bits per heavy atom.